The summed E-state index contributed by atoms with van der Waals surface area (Å²) in [6.07, 6.45) is 3.50. The molecule has 0 aliphatic rings. The number of esters is 1. The van der Waals surface area contributed by atoms with Crippen molar-refractivity contribution in [2.75, 3.05) is 14.2 Å². The third-order valence-corrected chi connectivity index (χ3v) is 3.84. The predicted octanol–water partition coefficient (Wildman–Crippen LogP) is 4.21. The molecule has 0 saturated carbocycles. The first-order chi connectivity index (χ1) is 11.7. The predicted molar refractivity (Wildman–Crippen MR) is 93.0 cm³/mol. The van der Waals surface area contributed by atoms with E-state index in [9.17, 15) is 4.79 Å². The third kappa shape index (κ3) is 3.13. The Balaban J connectivity index is 1.88. The minimum absolute atomic E-state index is 0.333. The zero-order valence-electron chi connectivity index (χ0n) is 13.5. The van der Waals surface area contributed by atoms with Crippen LogP contribution in [0.4, 0.5) is 0 Å². The molecule has 0 aliphatic heterocycles. The average Bonchev–Trinajstić information content (AvgIpc) is 2.67. The van der Waals surface area contributed by atoms with Crippen molar-refractivity contribution in [3.63, 3.8) is 0 Å². The van der Waals surface area contributed by atoms with Gasteiger partial charge in [0.15, 0.2) is 0 Å². The summed E-state index contributed by atoms with van der Waals surface area (Å²) in [5, 5.41) is 0. The van der Waals surface area contributed by atoms with Crippen LogP contribution in [-0.4, -0.2) is 25.2 Å². The van der Waals surface area contributed by atoms with E-state index in [1.54, 1.807) is 31.6 Å². The highest BCUT2D eigenvalue weighted by Gasteiger charge is 2.07. The van der Waals surface area contributed by atoms with Gasteiger partial charge in [0.2, 0.25) is 0 Å². The molecule has 0 aliphatic carbocycles. The number of methoxy groups -OCH3 is 2. The molecular weight excluding hydrogens is 302 g/mol. The standard InChI is InChI=1S/C20H17NO3/c1-23-19-11-12-21-13-18(19)16-7-3-14(4-8-16)15-5-9-17(10-6-15)20(22)24-2/h3-13H,1-2H3. The monoisotopic (exact) mass is 319 g/mol. The number of ether oxygens (including phenoxy) is 2. The number of carbonyl (C=O) groups excluding carboxylic acids is 1. The van der Waals surface area contributed by atoms with Crippen molar-refractivity contribution in [2.24, 2.45) is 0 Å². The van der Waals surface area contributed by atoms with Gasteiger partial charge in [0.1, 0.15) is 5.75 Å². The zero-order valence-corrected chi connectivity index (χ0v) is 13.5. The van der Waals surface area contributed by atoms with Crippen molar-refractivity contribution in [1.29, 1.82) is 0 Å². The summed E-state index contributed by atoms with van der Waals surface area (Å²) < 4.78 is 10.1. The van der Waals surface area contributed by atoms with Crippen LogP contribution in [0.1, 0.15) is 10.4 Å². The molecule has 0 atom stereocenters. The van der Waals surface area contributed by atoms with E-state index in [4.69, 9.17) is 9.47 Å². The maximum absolute atomic E-state index is 11.5. The van der Waals surface area contributed by atoms with Crippen molar-refractivity contribution in [1.82, 2.24) is 4.98 Å². The normalized spacial score (nSPS) is 10.2. The Bertz CT molecular complexity index is 840. The molecule has 4 nitrogen and oxygen atoms in total. The lowest BCUT2D eigenvalue weighted by Gasteiger charge is -2.09. The lowest BCUT2D eigenvalue weighted by molar-refractivity contribution is 0.0601. The van der Waals surface area contributed by atoms with Crippen LogP contribution in [0.25, 0.3) is 22.3 Å². The molecule has 0 radical (unpaired) electrons. The minimum Gasteiger partial charge on any atom is -0.496 e. The van der Waals surface area contributed by atoms with Crippen molar-refractivity contribution in [3.05, 3.63) is 72.6 Å². The molecule has 0 fully saturated rings. The summed E-state index contributed by atoms with van der Waals surface area (Å²) in [6.45, 7) is 0. The SMILES string of the molecule is COC(=O)c1ccc(-c2ccc(-c3cnccc3OC)cc2)cc1. The Morgan fingerprint density at radius 3 is 2.00 bits per heavy atom. The van der Waals surface area contributed by atoms with Crippen LogP contribution in [0.2, 0.25) is 0 Å². The molecule has 120 valence electrons. The van der Waals surface area contributed by atoms with E-state index in [0.717, 1.165) is 28.0 Å². The summed E-state index contributed by atoms with van der Waals surface area (Å²) in [5.74, 6) is 0.459. The molecule has 1 aromatic heterocycles. The number of aromatic nitrogens is 1. The summed E-state index contributed by atoms with van der Waals surface area (Å²) in [7, 11) is 3.03. The quantitative estimate of drug-likeness (QED) is 0.676. The fraction of sp³-hybridized carbons (Fsp3) is 0.100. The molecule has 0 amide bonds. The molecule has 3 rings (SSSR count). The van der Waals surface area contributed by atoms with Gasteiger partial charge in [-0.15, -0.1) is 0 Å². The second-order valence-electron chi connectivity index (χ2n) is 5.22. The number of benzene rings is 2. The van der Waals surface area contributed by atoms with Gasteiger partial charge >= 0.3 is 5.97 Å². The Labute approximate surface area is 140 Å². The second-order valence-corrected chi connectivity index (χ2v) is 5.22. The van der Waals surface area contributed by atoms with E-state index in [2.05, 4.69) is 4.98 Å². The fourth-order valence-corrected chi connectivity index (χ4v) is 2.54. The van der Waals surface area contributed by atoms with E-state index in [1.807, 2.05) is 42.5 Å². The Morgan fingerprint density at radius 2 is 1.42 bits per heavy atom. The van der Waals surface area contributed by atoms with Crippen molar-refractivity contribution < 1.29 is 14.3 Å². The maximum atomic E-state index is 11.5. The minimum atomic E-state index is -0.333. The smallest absolute Gasteiger partial charge is 0.337 e. The summed E-state index contributed by atoms with van der Waals surface area (Å²) >= 11 is 0. The van der Waals surface area contributed by atoms with E-state index in [0.29, 0.717) is 5.56 Å². The van der Waals surface area contributed by atoms with Crippen LogP contribution in [0.15, 0.2) is 67.0 Å². The van der Waals surface area contributed by atoms with Gasteiger partial charge in [-0.1, -0.05) is 36.4 Å². The molecule has 4 heteroatoms. The number of rotatable bonds is 4. The van der Waals surface area contributed by atoms with Crippen LogP contribution in [0.5, 0.6) is 5.75 Å². The van der Waals surface area contributed by atoms with Crippen LogP contribution in [-0.2, 0) is 4.74 Å². The molecule has 0 bridgehead atoms. The molecule has 2 aromatic carbocycles. The van der Waals surface area contributed by atoms with E-state index in [-0.39, 0.29) is 5.97 Å². The molecule has 0 N–H and O–H groups in total. The van der Waals surface area contributed by atoms with Crippen molar-refractivity contribution in [2.45, 2.75) is 0 Å². The first-order valence-corrected chi connectivity index (χ1v) is 7.50. The first-order valence-electron chi connectivity index (χ1n) is 7.50. The summed E-state index contributed by atoms with van der Waals surface area (Å²) in [4.78, 5) is 15.6. The van der Waals surface area contributed by atoms with Gasteiger partial charge in [0.25, 0.3) is 0 Å². The summed E-state index contributed by atoms with van der Waals surface area (Å²) in [5.41, 5.74) is 4.63. The zero-order chi connectivity index (χ0) is 16.9. The fourth-order valence-electron chi connectivity index (χ4n) is 2.54. The van der Waals surface area contributed by atoms with Gasteiger partial charge in [0, 0.05) is 18.0 Å². The highest BCUT2D eigenvalue weighted by atomic mass is 16.5. The van der Waals surface area contributed by atoms with Crippen molar-refractivity contribution >= 4 is 5.97 Å². The topological polar surface area (TPSA) is 48.4 Å². The molecule has 1 heterocycles. The molecule has 24 heavy (non-hydrogen) atoms. The number of pyridine rings is 1. The number of hydrogen-bond donors (Lipinski definition) is 0. The lowest BCUT2D eigenvalue weighted by atomic mass is 10.00. The first kappa shape index (κ1) is 15.7. The highest BCUT2D eigenvalue weighted by molar-refractivity contribution is 5.90. The third-order valence-electron chi connectivity index (χ3n) is 3.84. The second kappa shape index (κ2) is 6.96. The van der Waals surface area contributed by atoms with Gasteiger partial charge in [0.05, 0.1) is 19.8 Å². The van der Waals surface area contributed by atoms with Gasteiger partial charge < -0.3 is 9.47 Å². The maximum Gasteiger partial charge on any atom is 0.337 e. The average molecular weight is 319 g/mol. The van der Waals surface area contributed by atoms with Gasteiger partial charge in [-0.2, -0.15) is 0 Å². The Kier molecular flexibility index (Phi) is 4.57. The van der Waals surface area contributed by atoms with E-state index in [1.165, 1.54) is 7.11 Å². The number of carbonyl (C=O) groups is 1. The van der Waals surface area contributed by atoms with Crippen LogP contribution in [0.3, 0.4) is 0 Å². The Hall–Kier alpha value is -3.14. The molecular formula is C20H17NO3. The van der Waals surface area contributed by atoms with Gasteiger partial charge in [-0.05, 0) is 34.9 Å². The summed E-state index contributed by atoms with van der Waals surface area (Å²) in [6, 6.07) is 17.3. The number of nitrogens with zero attached hydrogens (tertiary/aromatic N) is 1. The van der Waals surface area contributed by atoms with E-state index < -0.39 is 0 Å². The molecule has 3 aromatic rings. The van der Waals surface area contributed by atoms with Gasteiger partial charge in [-0.3, -0.25) is 4.98 Å². The Morgan fingerprint density at radius 1 is 0.833 bits per heavy atom. The number of hydrogen-bond acceptors (Lipinski definition) is 4. The largest absolute Gasteiger partial charge is 0.496 e. The van der Waals surface area contributed by atoms with Crippen LogP contribution in [0, 0.1) is 0 Å². The van der Waals surface area contributed by atoms with Crippen LogP contribution >= 0.6 is 0 Å². The van der Waals surface area contributed by atoms with Crippen LogP contribution < -0.4 is 4.74 Å². The van der Waals surface area contributed by atoms with Crippen molar-refractivity contribution in [3.8, 4) is 28.0 Å². The molecule has 0 saturated heterocycles. The lowest BCUT2D eigenvalue weighted by Crippen LogP contribution is -2.00. The molecule has 0 unspecified atom stereocenters. The molecule has 0 spiro atoms. The van der Waals surface area contributed by atoms with E-state index >= 15 is 0 Å². The van der Waals surface area contributed by atoms with Gasteiger partial charge in [-0.25, -0.2) is 4.79 Å². The highest BCUT2D eigenvalue weighted by Crippen LogP contribution is 2.30.